The smallest absolute Gasteiger partial charge is 0.271 e. The first-order valence-corrected chi connectivity index (χ1v) is 10.6. The molecule has 0 aliphatic heterocycles. The topological polar surface area (TPSA) is 87.0 Å². The molecule has 1 aromatic heterocycles. The Morgan fingerprint density at radius 2 is 1.63 bits per heavy atom. The highest BCUT2D eigenvalue weighted by Crippen LogP contribution is 2.38. The summed E-state index contributed by atoms with van der Waals surface area (Å²) >= 11 is 0. The van der Waals surface area contributed by atoms with Crippen LogP contribution in [0, 0.1) is 5.82 Å². The van der Waals surface area contributed by atoms with E-state index in [1.807, 2.05) is 30.3 Å². The van der Waals surface area contributed by atoms with E-state index >= 15 is 0 Å². The lowest BCUT2D eigenvalue weighted by molar-refractivity contribution is 0.0954. The second-order valence-corrected chi connectivity index (χ2v) is 7.33. The van der Waals surface area contributed by atoms with Crippen molar-refractivity contribution in [2.45, 2.75) is 0 Å². The van der Waals surface area contributed by atoms with Crippen molar-refractivity contribution in [3.63, 3.8) is 0 Å². The highest BCUT2D eigenvalue weighted by molar-refractivity contribution is 5.97. The summed E-state index contributed by atoms with van der Waals surface area (Å²) in [6.45, 7) is 0. The number of carbonyl (C=O) groups excluding carboxylic acids is 1. The van der Waals surface area contributed by atoms with Crippen molar-refractivity contribution < 1.29 is 23.4 Å². The van der Waals surface area contributed by atoms with Crippen molar-refractivity contribution in [1.29, 1.82) is 0 Å². The van der Waals surface area contributed by atoms with Crippen molar-refractivity contribution in [2.24, 2.45) is 5.10 Å². The fourth-order valence-corrected chi connectivity index (χ4v) is 3.46. The van der Waals surface area contributed by atoms with Crippen molar-refractivity contribution in [3.05, 3.63) is 89.9 Å². The van der Waals surface area contributed by atoms with Crippen LogP contribution >= 0.6 is 0 Å². The Hall–Kier alpha value is -4.66. The van der Waals surface area contributed by atoms with Crippen LogP contribution < -0.4 is 19.6 Å². The molecule has 0 saturated carbocycles. The Labute approximate surface area is 201 Å². The van der Waals surface area contributed by atoms with Gasteiger partial charge in [-0.3, -0.25) is 4.79 Å². The molecule has 9 heteroatoms. The normalized spacial score (nSPS) is 10.9. The molecule has 0 spiro atoms. The van der Waals surface area contributed by atoms with Crippen LogP contribution in [0.1, 0.15) is 15.9 Å². The number of ether oxygens (including phenoxy) is 3. The monoisotopic (exact) mass is 474 g/mol. The number of nitrogens with zero attached hydrogens (tertiary/aromatic N) is 3. The van der Waals surface area contributed by atoms with Crippen LogP contribution in [0.4, 0.5) is 4.39 Å². The lowest BCUT2D eigenvalue weighted by atomic mass is 10.1. The van der Waals surface area contributed by atoms with E-state index < -0.39 is 5.91 Å². The van der Waals surface area contributed by atoms with Gasteiger partial charge in [-0.2, -0.15) is 10.2 Å². The molecule has 1 heterocycles. The van der Waals surface area contributed by atoms with Crippen molar-refractivity contribution >= 4 is 12.1 Å². The SMILES string of the molecule is COc1cc(C(=O)N/N=C\c2cn(-c3ccccc3)nc2-c2ccc(F)cc2)cc(OC)c1OC. The highest BCUT2D eigenvalue weighted by atomic mass is 19.1. The van der Waals surface area contributed by atoms with Gasteiger partial charge < -0.3 is 14.2 Å². The van der Waals surface area contributed by atoms with Gasteiger partial charge in [0.1, 0.15) is 11.5 Å². The number of nitrogens with one attached hydrogen (secondary N) is 1. The molecule has 8 nitrogen and oxygen atoms in total. The molecule has 3 aromatic carbocycles. The summed E-state index contributed by atoms with van der Waals surface area (Å²) < 4.78 is 31.0. The molecule has 0 atom stereocenters. The van der Waals surface area contributed by atoms with E-state index in [0.29, 0.717) is 34.1 Å². The molecule has 0 unspecified atom stereocenters. The predicted molar refractivity (Wildman–Crippen MR) is 130 cm³/mol. The van der Waals surface area contributed by atoms with Crippen LogP contribution in [-0.2, 0) is 0 Å². The number of rotatable bonds is 8. The first-order valence-electron chi connectivity index (χ1n) is 10.6. The Balaban J connectivity index is 1.63. The molecule has 0 aliphatic carbocycles. The Morgan fingerprint density at radius 1 is 0.971 bits per heavy atom. The lowest BCUT2D eigenvalue weighted by Gasteiger charge is -2.13. The number of hydrogen-bond donors (Lipinski definition) is 1. The van der Waals surface area contributed by atoms with E-state index in [9.17, 15) is 9.18 Å². The van der Waals surface area contributed by atoms with Gasteiger partial charge in [-0.05, 0) is 48.5 Å². The number of benzene rings is 3. The number of aromatic nitrogens is 2. The molecule has 0 bridgehead atoms. The number of hydrogen-bond acceptors (Lipinski definition) is 6. The van der Waals surface area contributed by atoms with Gasteiger partial charge in [-0.1, -0.05) is 18.2 Å². The summed E-state index contributed by atoms with van der Waals surface area (Å²) in [5.41, 5.74) is 5.54. The van der Waals surface area contributed by atoms with Crippen LogP contribution in [0.15, 0.2) is 78.0 Å². The molecule has 0 radical (unpaired) electrons. The number of carbonyl (C=O) groups is 1. The average molecular weight is 474 g/mol. The highest BCUT2D eigenvalue weighted by Gasteiger charge is 2.17. The summed E-state index contributed by atoms with van der Waals surface area (Å²) in [7, 11) is 4.43. The molecule has 35 heavy (non-hydrogen) atoms. The first kappa shape index (κ1) is 23.5. The second-order valence-electron chi connectivity index (χ2n) is 7.33. The van der Waals surface area contributed by atoms with E-state index in [1.54, 1.807) is 23.0 Å². The van der Waals surface area contributed by atoms with Crippen molar-refractivity contribution in [3.8, 4) is 34.2 Å². The van der Waals surface area contributed by atoms with Gasteiger partial charge in [0.2, 0.25) is 5.75 Å². The van der Waals surface area contributed by atoms with Crippen molar-refractivity contribution in [2.75, 3.05) is 21.3 Å². The Kier molecular flexibility index (Phi) is 7.06. The minimum Gasteiger partial charge on any atom is -0.493 e. The van der Waals surface area contributed by atoms with Crippen LogP contribution in [-0.4, -0.2) is 43.2 Å². The lowest BCUT2D eigenvalue weighted by Crippen LogP contribution is -2.18. The largest absolute Gasteiger partial charge is 0.493 e. The fourth-order valence-electron chi connectivity index (χ4n) is 3.46. The third kappa shape index (κ3) is 5.14. The molecule has 0 aliphatic rings. The zero-order valence-electron chi connectivity index (χ0n) is 19.4. The van der Waals surface area contributed by atoms with Gasteiger partial charge >= 0.3 is 0 Å². The van der Waals surface area contributed by atoms with E-state index in [4.69, 9.17) is 14.2 Å². The first-order chi connectivity index (χ1) is 17.0. The maximum atomic E-state index is 13.5. The fraction of sp³-hybridized carbons (Fsp3) is 0.115. The maximum absolute atomic E-state index is 13.5. The van der Waals surface area contributed by atoms with Gasteiger partial charge in [-0.25, -0.2) is 14.5 Å². The molecule has 0 saturated heterocycles. The Bertz CT molecular complexity index is 1330. The third-order valence-electron chi connectivity index (χ3n) is 5.18. The second kappa shape index (κ2) is 10.5. The van der Waals surface area contributed by atoms with Crippen LogP contribution in [0.5, 0.6) is 17.2 Å². The standard InChI is InChI=1S/C26H23FN4O4/c1-33-22-13-18(14-23(34-2)25(22)35-3)26(32)29-28-15-19-16-31(21-7-5-4-6-8-21)30-24(19)17-9-11-20(27)12-10-17/h4-16H,1-3H3,(H,29,32)/b28-15-. The quantitative estimate of drug-likeness (QED) is 0.301. The molecule has 178 valence electrons. The minimum absolute atomic E-state index is 0.274. The summed E-state index contributed by atoms with van der Waals surface area (Å²) in [5, 5.41) is 8.76. The maximum Gasteiger partial charge on any atom is 0.271 e. The average Bonchev–Trinajstić information content (AvgIpc) is 3.32. The van der Waals surface area contributed by atoms with Gasteiger partial charge in [0.15, 0.2) is 11.5 Å². The number of hydrazone groups is 1. The van der Waals surface area contributed by atoms with E-state index in [0.717, 1.165) is 5.69 Å². The zero-order valence-corrected chi connectivity index (χ0v) is 19.4. The van der Waals surface area contributed by atoms with Crippen molar-refractivity contribution in [1.82, 2.24) is 15.2 Å². The molecule has 1 amide bonds. The molecular weight excluding hydrogens is 451 g/mol. The number of methoxy groups -OCH3 is 3. The summed E-state index contributed by atoms with van der Waals surface area (Å²) in [6, 6.07) is 18.6. The molecular formula is C26H23FN4O4. The van der Waals surface area contributed by atoms with Crippen LogP contribution in [0.3, 0.4) is 0 Å². The minimum atomic E-state index is -0.473. The Morgan fingerprint density at radius 3 is 2.23 bits per heavy atom. The van der Waals surface area contributed by atoms with E-state index in [2.05, 4.69) is 15.6 Å². The van der Waals surface area contributed by atoms with E-state index in [-0.39, 0.29) is 11.4 Å². The zero-order chi connectivity index (χ0) is 24.8. The summed E-state index contributed by atoms with van der Waals surface area (Å²) in [5.74, 6) is 0.267. The number of para-hydroxylation sites is 1. The molecule has 0 fully saturated rings. The van der Waals surface area contributed by atoms with Crippen LogP contribution in [0.25, 0.3) is 16.9 Å². The predicted octanol–water partition coefficient (Wildman–Crippen LogP) is 4.47. The number of halogens is 1. The third-order valence-corrected chi connectivity index (χ3v) is 5.18. The molecule has 1 N–H and O–H groups in total. The van der Waals surface area contributed by atoms with Gasteiger partial charge in [0.05, 0.1) is 33.2 Å². The van der Waals surface area contributed by atoms with Gasteiger partial charge in [-0.15, -0.1) is 0 Å². The van der Waals surface area contributed by atoms with Gasteiger partial charge in [0, 0.05) is 22.9 Å². The number of amides is 1. The summed E-state index contributed by atoms with van der Waals surface area (Å²) in [6.07, 6.45) is 3.27. The van der Waals surface area contributed by atoms with E-state index in [1.165, 1.54) is 51.8 Å². The molecule has 4 rings (SSSR count). The van der Waals surface area contributed by atoms with Gasteiger partial charge in [0.25, 0.3) is 5.91 Å². The van der Waals surface area contributed by atoms with Crippen LogP contribution in [0.2, 0.25) is 0 Å². The molecule has 4 aromatic rings. The summed E-state index contributed by atoms with van der Waals surface area (Å²) in [4.78, 5) is 12.8.